The molecule has 4 fully saturated rings. The number of furan rings is 1. The maximum atomic E-state index is 5.45. The minimum Gasteiger partial charge on any atom is -0.461 e. The van der Waals surface area contributed by atoms with Gasteiger partial charge in [0.05, 0.1) is 6.26 Å². The van der Waals surface area contributed by atoms with Gasteiger partial charge in [-0.25, -0.2) is 0 Å². The van der Waals surface area contributed by atoms with E-state index in [1.54, 1.807) is 6.26 Å². The van der Waals surface area contributed by atoms with E-state index < -0.39 is 0 Å². The Hall–Kier alpha value is -1.23. The summed E-state index contributed by atoms with van der Waals surface area (Å²) < 4.78 is 7.51. The fourth-order valence-corrected chi connectivity index (χ4v) is 7.11. The molecule has 0 N–H and O–H groups in total. The zero-order valence-electron chi connectivity index (χ0n) is 14.3. The van der Waals surface area contributed by atoms with Gasteiger partial charge in [0.15, 0.2) is 16.7 Å². The van der Waals surface area contributed by atoms with Gasteiger partial charge in [0, 0.05) is 12.8 Å². The zero-order chi connectivity index (χ0) is 16.1. The van der Waals surface area contributed by atoms with Crippen LogP contribution in [0, 0.1) is 23.2 Å². The fraction of sp³-hybridized carbons (Fsp3) is 0.684. The van der Waals surface area contributed by atoms with Crippen molar-refractivity contribution >= 4 is 11.8 Å². The predicted molar refractivity (Wildman–Crippen MR) is 94.7 cm³/mol. The molecule has 4 bridgehead atoms. The average molecular weight is 343 g/mol. The number of aromatic nitrogens is 3. The van der Waals surface area contributed by atoms with E-state index >= 15 is 0 Å². The summed E-state index contributed by atoms with van der Waals surface area (Å²) in [7, 11) is 2.03. The Bertz CT molecular complexity index is 686. The Labute approximate surface area is 147 Å². The van der Waals surface area contributed by atoms with Gasteiger partial charge in [-0.2, -0.15) is 0 Å². The Morgan fingerprint density at radius 3 is 2.50 bits per heavy atom. The molecule has 128 valence electrons. The Morgan fingerprint density at radius 2 is 1.88 bits per heavy atom. The lowest BCUT2D eigenvalue weighted by atomic mass is 9.49. The molecule has 4 nitrogen and oxygen atoms in total. The lowest BCUT2D eigenvalue weighted by molar-refractivity contribution is -0.0538. The summed E-state index contributed by atoms with van der Waals surface area (Å²) in [5.74, 6) is 5.90. The third-order valence-corrected chi connectivity index (χ3v) is 7.63. The molecule has 2 aromatic heterocycles. The third kappa shape index (κ3) is 2.52. The van der Waals surface area contributed by atoms with Crippen LogP contribution in [0.2, 0.25) is 0 Å². The molecule has 0 saturated heterocycles. The molecule has 4 aliphatic carbocycles. The molecule has 24 heavy (non-hydrogen) atoms. The van der Waals surface area contributed by atoms with Crippen LogP contribution in [0.1, 0.15) is 44.9 Å². The number of rotatable bonds is 5. The molecule has 0 aliphatic heterocycles. The molecule has 2 aromatic rings. The first-order valence-electron chi connectivity index (χ1n) is 9.27. The van der Waals surface area contributed by atoms with E-state index in [1.165, 1.54) is 44.9 Å². The molecule has 5 heteroatoms. The Kier molecular flexibility index (Phi) is 3.55. The molecule has 4 saturated carbocycles. The van der Waals surface area contributed by atoms with Crippen molar-refractivity contribution in [3.63, 3.8) is 0 Å². The van der Waals surface area contributed by atoms with Crippen molar-refractivity contribution in [3.05, 3.63) is 18.4 Å². The molecular weight excluding hydrogens is 318 g/mol. The quantitative estimate of drug-likeness (QED) is 0.733. The molecule has 0 atom stereocenters. The molecule has 0 unspecified atom stereocenters. The van der Waals surface area contributed by atoms with E-state index in [-0.39, 0.29) is 0 Å². The van der Waals surface area contributed by atoms with Gasteiger partial charge in [0.2, 0.25) is 0 Å². The molecule has 2 heterocycles. The Morgan fingerprint density at radius 1 is 1.17 bits per heavy atom. The first kappa shape index (κ1) is 15.1. The second-order valence-electron chi connectivity index (χ2n) is 8.36. The molecule has 0 spiro atoms. The zero-order valence-corrected chi connectivity index (χ0v) is 15.1. The summed E-state index contributed by atoms with van der Waals surface area (Å²) >= 11 is 1.86. The average Bonchev–Trinajstić information content (AvgIpc) is 3.16. The fourth-order valence-electron chi connectivity index (χ4n) is 6.02. The van der Waals surface area contributed by atoms with E-state index in [2.05, 4.69) is 14.8 Å². The second-order valence-corrected chi connectivity index (χ2v) is 9.42. The van der Waals surface area contributed by atoms with Gasteiger partial charge in [-0.05, 0) is 80.2 Å². The number of hydrogen-bond acceptors (Lipinski definition) is 4. The molecule has 0 amide bonds. The molecular formula is C19H25N3OS. The van der Waals surface area contributed by atoms with Gasteiger partial charge in [-0.1, -0.05) is 11.8 Å². The molecule has 4 aliphatic rings. The largest absolute Gasteiger partial charge is 0.461 e. The highest BCUT2D eigenvalue weighted by atomic mass is 32.2. The maximum absolute atomic E-state index is 5.45. The van der Waals surface area contributed by atoms with Crippen molar-refractivity contribution in [1.29, 1.82) is 0 Å². The number of thioether (sulfide) groups is 1. The summed E-state index contributed by atoms with van der Waals surface area (Å²) in [6.45, 7) is 0. The van der Waals surface area contributed by atoms with Crippen LogP contribution in [0.4, 0.5) is 0 Å². The molecule has 6 rings (SSSR count). The summed E-state index contributed by atoms with van der Waals surface area (Å²) in [6.07, 6.45) is 12.1. The van der Waals surface area contributed by atoms with Crippen LogP contribution in [0.25, 0.3) is 11.6 Å². The van der Waals surface area contributed by atoms with Crippen molar-refractivity contribution in [2.75, 3.05) is 5.75 Å². The van der Waals surface area contributed by atoms with Gasteiger partial charge < -0.3 is 8.98 Å². The van der Waals surface area contributed by atoms with Crippen LogP contribution >= 0.6 is 11.8 Å². The molecule has 0 aromatic carbocycles. The van der Waals surface area contributed by atoms with Crippen LogP contribution in [0.3, 0.4) is 0 Å². The van der Waals surface area contributed by atoms with E-state index in [4.69, 9.17) is 4.42 Å². The standard InChI is InChI=1S/C19H25N3OS/c1-22-17(16-3-2-5-23-16)20-21-18(22)24-6-4-19-10-13-7-14(11-19)9-15(8-13)12-19/h2-3,5,13-15H,4,6-12H2,1H3. The number of nitrogens with zero attached hydrogens (tertiary/aromatic N) is 3. The summed E-state index contributed by atoms with van der Waals surface area (Å²) in [4.78, 5) is 0. The van der Waals surface area contributed by atoms with Gasteiger partial charge in [-0.3, -0.25) is 0 Å². The van der Waals surface area contributed by atoms with Gasteiger partial charge in [-0.15, -0.1) is 10.2 Å². The lowest BCUT2D eigenvalue weighted by Crippen LogP contribution is -2.46. The maximum Gasteiger partial charge on any atom is 0.200 e. The van der Waals surface area contributed by atoms with E-state index in [0.29, 0.717) is 5.41 Å². The topological polar surface area (TPSA) is 43.9 Å². The summed E-state index contributed by atoms with van der Waals surface area (Å²) in [5.41, 5.74) is 0.657. The highest BCUT2D eigenvalue weighted by Crippen LogP contribution is 2.61. The van der Waals surface area contributed by atoms with Gasteiger partial charge in [0.1, 0.15) is 0 Å². The van der Waals surface area contributed by atoms with Crippen molar-refractivity contribution in [2.24, 2.45) is 30.2 Å². The van der Waals surface area contributed by atoms with Crippen LogP contribution in [-0.4, -0.2) is 20.5 Å². The summed E-state index contributed by atoms with van der Waals surface area (Å²) in [5, 5.41) is 9.68. The Balaban J connectivity index is 1.24. The first-order valence-corrected chi connectivity index (χ1v) is 10.3. The van der Waals surface area contributed by atoms with Gasteiger partial charge >= 0.3 is 0 Å². The van der Waals surface area contributed by atoms with E-state index in [1.807, 2.05) is 30.9 Å². The van der Waals surface area contributed by atoms with Crippen LogP contribution < -0.4 is 0 Å². The highest BCUT2D eigenvalue weighted by molar-refractivity contribution is 7.99. The van der Waals surface area contributed by atoms with Crippen molar-refractivity contribution < 1.29 is 4.42 Å². The van der Waals surface area contributed by atoms with E-state index in [9.17, 15) is 0 Å². The number of hydrogen-bond donors (Lipinski definition) is 0. The normalized spacial score (nSPS) is 34.1. The van der Waals surface area contributed by atoms with Gasteiger partial charge in [0.25, 0.3) is 0 Å². The van der Waals surface area contributed by atoms with Crippen LogP contribution in [-0.2, 0) is 7.05 Å². The molecule has 0 radical (unpaired) electrons. The second kappa shape index (κ2) is 5.65. The highest BCUT2D eigenvalue weighted by Gasteiger charge is 2.50. The third-order valence-electron chi connectivity index (χ3n) is 6.61. The van der Waals surface area contributed by atoms with Crippen LogP contribution in [0.15, 0.2) is 28.0 Å². The monoisotopic (exact) mass is 343 g/mol. The van der Waals surface area contributed by atoms with Crippen molar-refractivity contribution in [3.8, 4) is 11.6 Å². The van der Waals surface area contributed by atoms with Crippen LogP contribution in [0.5, 0.6) is 0 Å². The minimum absolute atomic E-state index is 0.657. The lowest BCUT2D eigenvalue weighted by Gasteiger charge is -2.57. The first-order chi connectivity index (χ1) is 11.7. The van der Waals surface area contributed by atoms with E-state index in [0.717, 1.165) is 40.2 Å². The minimum atomic E-state index is 0.657. The smallest absolute Gasteiger partial charge is 0.200 e. The van der Waals surface area contributed by atoms with Crippen molar-refractivity contribution in [1.82, 2.24) is 14.8 Å². The van der Waals surface area contributed by atoms with Crippen molar-refractivity contribution in [2.45, 2.75) is 50.1 Å². The SMILES string of the molecule is Cn1c(SCCC23CC4CC(CC(C4)C2)C3)nnc1-c1ccco1. The predicted octanol–water partition coefficient (Wildman–Crippen LogP) is 4.77. The summed E-state index contributed by atoms with van der Waals surface area (Å²) in [6, 6.07) is 3.83.